The number of carboxylic acid groups (broad SMARTS) is 1. The zero-order valence-electron chi connectivity index (χ0n) is 13.3. The van der Waals surface area contributed by atoms with Gasteiger partial charge < -0.3 is 15.2 Å². The number of aromatic carboxylic acids is 1. The van der Waals surface area contributed by atoms with Gasteiger partial charge in [-0.05, 0) is 45.4 Å². The number of benzene rings is 1. The molecule has 0 aromatic heterocycles. The van der Waals surface area contributed by atoms with E-state index >= 15 is 0 Å². The molecule has 0 spiro atoms. The largest absolute Gasteiger partial charge is 0.478 e. The second-order valence-electron chi connectivity index (χ2n) is 5.76. The number of carbonyl (C=O) groups excluding carboxylic acids is 1. The molecule has 0 saturated heterocycles. The van der Waals surface area contributed by atoms with Crippen molar-refractivity contribution in [1.82, 2.24) is 5.32 Å². The average molecular weight is 303 g/mol. The van der Waals surface area contributed by atoms with Crippen LogP contribution in [-0.4, -0.2) is 29.3 Å². The van der Waals surface area contributed by atoms with Crippen molar-refractivity contribution in [3.8, 4) is 11.8 Å². The highest BCUT2D eigenvalue weighted by atomic mass is 16.6. The molecule has 2 N–H and O–H groups in total. The van der Waals surface area contributed by atoms with Crippen molar-refractivity contribution in [3.05, 3.63) is 34.9 Å². The normalized spacial score (nSPS) is 10.4. The average Bonchev–Trinajstić information content (AvgIpc) is 2.37. The van der Waals surface area contributed by atoms with Crippen LogP contribution in [0.25, 0.3) is 0 Å². The molecule has 0 heterocycles. The Bertz CT molecular complexity index is 618. The highest BCUT2D eigenvalue weighted by molar-refractivity contribution is 5.90. The molecule has 0 aliphatic heterocycles. The molecule has 0 aliphatic carbocycles. The number of amides is 1. The molecule has 118 valence electrons. The van der Waals surface area contributed by atoms with Gasteiger partial charge in [0.2, 0.25) is 0 Å². The molecule has 22 heavy (non-hydrogen) atoms. The van der Waals surface area contributed by atoms with Crippen LogP contribution in [0.15, 0.2) is 18.2 Å². The summed E-state index contributed by atoms with van der Waals surface area (Å²) in [5.41, 5.74) is 1.04. The van der Waals surface area contributed by atoms with E-state index in [0.717, 1.165) is 0 Å². The van der Waals surface area contributed by atoms with E-state index in [-0.39, 0.29) is 5.56 Å². The van der Waals surface area contributed by atoms with Gasteiger partial charge in [-0.3, -0.25) is 0 Å². The van der Waals surface area contributed by atoms with Gasteiger partial charge in [-0.2, -0.15) is 0 Å². The molecular weight excluding hydrogens is 282 g/mol. The number of nitrogens with one attached hydrogen (secondary N) is 1. The Balaban J connectivity index is 2.54. The number of ether oxygens (including phenoxy) is 1. The number of hydrogen-bond acceptors (Lipinski definition) is 3. The Labute approximate surface area is 130 Å². The zero-order chi connectivity index (χ0) is 16.8. The highest BCUT2D eigenvalue weighted by Gasteiger charge is 2.15. The maximum atomic E-state index is 11.4. The van der Waals surface area contributed by atoms with Crippen LogP contribution in [0.5, 0.6) is 0 Å². The maximum absolute atomic E-state index is 11.4. The van der Waals surface area contributed by atoms with Crippen molar-refractivity contribution in [3.63, 3.8) is 0 Å². The third kappa shape index (κ3) is 5.88. The molecule has 1 aromatic carbocycles. The van der Waals surface area contributed by atoms with Gasteiger partial charge in [-0.25, -0.2) is 9.59 Å². The van der Waals surface area contributed by atoms with Crippen molar-refractivity contribution in [2.24, 2.45) is 0 Å². The number of carbonyl (C=O) groups is 2. The van der Waals surface area contributed by atoms with Gasteiger partial charge in [0, 0.05) is 18.5 Å². The molecule has 1 amide bonds. The van der Waals surface area contributed by atoms with Gasteiger partial charge >= 0.3 is 12.1 Å². The maximum Gasteiger partial charge on any atom is 0.407 e. The summed E-state index contributed by atoms with van der Waals surface area (Å²) in [5.74, 6) is 4.87. The summed E-state index contributed by atoms with van der Waals surface area (Å²) < 4.78 is 5.10. The molecule has 0 unspecified atom stereocenters. The lowest BCUT2D eigenvalue weighted by molar-refractivity contribution is 0.0528. The molecule has 1 aromatic rings. The summed E-state index contributed by atoms with van der Waals surface area (Å²) in [4.78, 5) is 22.4. The Morgan fingerprint density at radius 2 is 2.00 bits per heavy atom. The monoisotopic (exact) mass is 303 g/mol. The molecule has 0 bridgehead atoms. The fourth-order valence-corrected chi connectivity index (χ4v) is 1.70. The first-order valence-electron chi connectivity index (χ1n) is 6.99. The van der Waals surface area contributed by atoms with Crippen LogP contribution in [-0.2, 0) is 4.74 Å². The van der Waals surface area contributed by atoms with Crippen molar-refractivity contribution < 1.29 is 19.4 Å². The number of alkyl carbamates (subject to hydrolysis) is 1. The van der Waals surface area contributed by atoms with Crippen LogP contribution in [0, 0.1) is 18.8 Å². The molecule has 0 fully saturated rings. The minimum absolute atomic E-state index is 0.249. The summed E-state index contributed by atoms with van der Waals surface area (Å²) in [7, 11) is 0. The van der Waals surface area contributed by atoms with E-state index in [1.54, 1.807) is 45.9 Å². The van der Waals surface area contributed by atoms with Gasteiger partial charge in [0.05, 0.1) is 5.56 Å². The highest BCUT2D eigenvalue weighted by Crippen LogP contribution is 2.12. The molecule has 5 nitrogen and oxygen atoms in total. The van der Waals surface area contributed by atoms with Crippen molar-refractivity contribution >= 4 is 12.1 Å². The third-order valence-electron chi connectivity index (χ3n) is 2.71. The fourth-order valence-electron chi connectivity index (χ4n) is 1.70. The lowest BCUT2D eigenvalue weighted by Crippen LogP contribution is -2.32. The van der Waals surface area contributed by atoms with Crippen LogP contribution < -0.4 is 5.32 Å². The number of hydrogen-bond donors (Lipinski definition) is 2. The van der Waals surface area contributed by atoms with E-state index in [2.05, 4.69) is 17.2 Å². The lowest BCUT2D eigenvalue weighted by atomic mass is 10.0. The van der Waals surface area contributed by atoms with Gasteiger partial charge in [0.1, 0.15) is 5.60 Å². The Morgan fingerprint density at radius 3 is 2.59 bits per heavy atom. The minimum atomic E-state index is -0.965. The summed E-state index contributed by atoms with van der Waals surface area (Å²) in [6.07, 6.45) is -0.0194. The third-order valence-corrected chi connectivity index (χ3v) is 2.71. The van der Waals surface area contributed by atoms with Crippen molar-refractivity contribution in [2.45, 2.75) is 39.7 Å². The molecule has 0 saturated carbocycles. The van der Waals surface area contributed by atoms with E-state index in [1.807, 2.05) is 0 Å². The zero-order valence-corrected chi connectivity index (χ0v) is 13.3. The Hall–Kier alpha value is -2.48. The second-order valence-corrected chi connectivity index (χ2v) is 5.76. The lowest BCUT2D eigenvalue weighted by Gasteiger charge is -2.19. The minimum Gasteiger partial charge on any atom is -0.478 e. The second kappa shape index (κ2) is 7.51. The molecule has 0 atom stereocenters. The van der Waals surface area contributed by atoms with Gasteiger partial charge in [-0.15, -0.1) is 0 Å². The van der Waals surface area contributed by atoms with Gasteiger partial charge in [0.25, 0.3) is 0 Å². The van der Waals surface area contributed by atoms with Gasteiger partial charge in [0.15, 0.2) is 0 Å². The van der Waals surface area contributed by atoms with Crippen LogP contribution in [0.2, 0.25) is 0 Å². The number of rotatable bonds is 3. The summed E-state index contributed by atoms with van der Waals surface area (Å²) in [6.45, 7) is 7.49. The summed E-state index contributed by atoms with van der Waals surface area (Å²) >= 11 is 0. The molecule has 0 aliphatic rings. The predicted octanol–water partition coefficient (Wildman–Crippen LogP) is 2.96. The Kier molecular flexibility index (Phi) is 6.00. The first-order chi connectivity index (χ1) is 10.2. The van der Waals surface area contributed by atoms with Crippen LogP contribution in [0.4, 0.5) is 4.79 Å². The molecule has 5 heteroatoms. The molecule has 0 radical (unpaired) electrons. The molecular formula is C17H21NO4. The first-order valence-corrected chi connectivity index (χ1v) is 6.99. The summed E-state index contributed by atoms with van der Waals surface area (Å²) in [6, 6.07) is 4.99. The van der Waals surface area contributed by atoms with Crippen LogP contribution in [0.3, 0.4) is 0 Å². The number of carboxylic acids is 1. The molecule has 1 rings (SSSR count). The van der Waals surface area contributed by atoms with E-state index in [0.29, 0.717) is 24.1 Å². The van der Waals surface area contributed by atoms with Crippen LogP contribution in [0.1, 0.15) is 48.7 Å². The SMILES string of the molecule is Cc1c(C#CCCNC(=O)OC(C)(C)C)cccc1C(=O)O. The first kappa shape index (κ1) is 17.6. The predicted molar refractivity (Wildman–Crippen MR) is 83.9 cm³/mol. The van der Waals surface area contributed by atoms with E-state index < -0.39 is 17.7 Å². The van der Waals surface area contributed by atoms with E-state index in [9.17, 15) is 9.59 Å². The Morgan fingerprint density at radius 1 is 1.32 bits per heavy atom. The fraction of sp³-hybridized carbons (Fsp3) is 0.412. The van der Waals surface area contributed by atoms with Crippen LogP contribution >= 0.6 is 0 Å². The van der Waals surface area contributed by atoms with E-state index in [1.165, 1.54) is 0 Å². The van der Waals surface area contributed by atoms with Crippen molar-refractivity contribution in [1.29, 1.82) is 0 Å². The standard InChI is InChI=1S/C17H21NO4/c1-12-13(9-7-10-14(12)15(19)20)8-5-6-11-18-16(21)22-17(2,3)4/h7,9-10H,6,11H2,1-4H3,(H,18,21)(H,19,20). The smallest absolute Gasteiger partial charge is 0.407 e. The topological polar surface area (TPSA) is 75.6 Å². The quantitative estimate of drug-likeness (QED) is 0.665. The van der Waals surface area contributed by atoms with E-state index in [4.69, 9.17) is 9.84 Å². The van der Waals surface area contributed by atoms with Gasteiger partial charge in [-0.1, -0.05) is 17.9 Å². The summed E-state index contributed by atoms with van der Waals surface area (Å²) in [5, 5.41) is 11.7. The van der Waals surface area contributed by atoms with Crippen molar-refractivity contribution in [2.75, 3.05) is 6.54 Å².